The molecule has 0 bridgehead atoms. The van der Waals surface area contributed by atoms with Crippen LogP contribution in [0.4, 0.5) is 0 Å². The van der Waals surface area contributed by atoms with Gasteiger partial charge in [-0.15, -0.1) is 0 Å². The molecule has 2 aliphatic heterocycles. The summed E-state index contributed by atoms with van der Waals surface area (Å²) < 4.78 is 32.9. The summed E-state index contributed by atoms with van der Waals surface area (Å²) in [5.41, 5.74) is 0. The highest BCUT2D eigenvalue weighted by Crippen LogP contribution is 2.28. The van der Waals surface area contributed by atoms with Gasteiger partial charge in [-0.3, -0.25) is 9.59 Å². The van der Waals surface area contributed by atoms with E-state index in [1.165, 1.54) is 4.31 Å². The number of fused-ring (bicyclic) bond motifs is 1. The monoisotopic (exact) mass is 458 g/mol. The Balaban J connectivity index is 1.38. The van der Waals surface area contributed by atoms with Crippen molar-refractivity contribution in [2.45, 2.75) is 37.5 Å². The third kappa shape index (κ3) is 4.66. The number of likely N-dealkylation sites (tertiary alicyclic amines) is 1. The first kappa shape index (κ1) is 22.7. The lowest BCUT2D eigenvalue weighted by atomic mass is 9.93. The fourth-order valence-corrected chi connectivity index (χ4v) is 6.21. The number of hydrogen-bond acceptors (Lipinski definition) is 5. The van der Waals surface area contributed by atoms with Crippen LogP contribution in [0.2, 0.25) is 0 Å². The lowest BCUT2D eigenvalue weighted by molar-refractivity contribution is -0.152. The molecule has 2 aromatic carbocycles. The third-order valence-corrected chi connectivity index (χ3v) is 8.41. The summed E-state index contributed by atoms with van der Waals surface area (Å²) in [6, 6.07) is 12.9. The number of nitrogens with zero attached hydrogens (tertiary/aromatic N) is 2. The Kier molecular flexibility index (Phi) is 6.81. The number of ether oxygens (including phenoxy) is 1. The van der Waals surface area contributed by atoms with Gasteiger partial charge in [0.15, 0.2) is 0 Å². The predicted molar refractivity (Wildman–Crippen MR) is 121 cm³/mol. The Hall–Kier alpha value is -2.45. The van der Waals surface area contributed by atoms with E-state index in [1.54, 1.807) is 24.0 Å². The van der Waals surface area contributed by atoms with Crippen LogP contribution >= 0.6 is 0 Å². The molecule has 2 aliphatic rings. The molecule has 0 N–H and O–H groups in total. The number of hydrogen-bond donors (Lipinski definition) is 0. The van der Waals surface area contributed by atoms with E-state index in [-0.39, 0.29) is 28.6 Å². The molecule has 0 spiro atoms. The van der Waals surface area contributed by atoms with E-state index in [0.29, 0.717) is 45.6 Å². The van der Waals surface area contributed by atoms with Gasteiger partial charge in [0, 0.05) is 32.1 Å². The van der Waals surface area contributed by atoms with Crippen LogP contribution in [0.25, 0.3) is 10.8 Å². The van der Waals surface area contributed by atoms with Gasteiger partial charge in [-0.25, -0.2) is 8.42 Å². The van der Waals surface area contributed by atoms with Crippen molar-refractivity contribution in [1.29, 1.82) is 0 Å². The molecule has 32 heavy (non-hydrogen) atoms. The molecule has 0 aromatic heterocycles. The smallest absolute Gasteiger partial charge is 0.310 e. The molecule has 1 atom stereocenters. The number of carbonyl (C=O) groups is 2. The lowest BCUT2D eigenvalue weighted by Gasteiger charge is -2.36. The van der Waals surface area contributed by atoms with Gasteiger partial charge < -0.3 is 9.64 Å². The molecule has 0 saturated carbocycles. The molecule has 2 aromatic rings. The third-order valence-electron chi connectivity index (χ3n) is 6.51. The van der Waals surface area contributed by atoms with Crippen molar-refractivity contribution in [3.63, 3.8) is 0 Å². The van der Waals surface area contributed by atoms with Crippen LogP contribution < -0.4 is 0 Å². The molecular formula is C24H30N2O5S. The molecule has 1 amide bonds. The quantitative estimate of drug-likeness (QED) is 0.643. The van der Waals surface area contributed by atoms with E-state index < -0.39 is 10.0 Å². The Morgan fingerprint density at radius 2 is 1.69 bits per heavy atom. The molecule has 4 rings (SSSR count). The van der Waals surface area contributed by atoms with Crippen molar-refractivity contribution >= 4 is 32.7 Å². The van der Waals surface area contributed by atoms with Gasteiger partial charge in [0.25, 0.3) is 0 Å². The summed E-state index contributed by atoms with van der Waals surface area (Å²) in [5.74, 6) is -0.678. The minimum atomic E-state index is -3.61. The van der Waals surface area contributed by atoms with Gasteiger partial charge >= 0.3 is 5.97 Å². The van der Waals surface area contributed by atoms with Crippen molar-refractivity contribution in [3.05, 3.63) is 42.5 Å². The maximum absolute atomic E-state index is 13.2. The zero-order chi connectivity index (χ0) is 22.7. The molecule has 2 fully saturated rings. The Labute approximate surface area is 189 Å². The minimum Gasteiger partial charge on any atom is -0.466 e. The lowest BCUT2D eigenvalue weighted by Crippen LogP contribution is -2.48. The van der Waals surface area contributed by atoms with Gasteiger partial charge in [0.1, 0.15) is 0 Å². The van der Waals surface area contributed by atoms with E-state index in [1.807, 2.05) is 30.3 Å². The fraction of sp³-hybridized carbons (Fsp3) is 0.500. The number of benzene rings is 2. The maximum atomic E-state index is 13.2. The summed E-state index contributed by atoms with van der Waals surface area (Å²) in [6.45, 7) is 3.80. The van der Waals surface area contributed by atoms with Crippen molar-refractivity contribution in [1.82, 2.24) is 9.21 Å². The number of amides is 1. The average molecular weight is 459 g/mol. The number of piperidine rings is 2. The minimum absolute atomic E-state index is 0.0294. The standard InChI is InChI=1S/C24H30N2O5S/c1-2-31-24(28)21-8-5-13-25(17-21)23(27)19-11-14-26(15-12-19)32(29,30)22-10-9-18-6-3-4-7-20(18)16-22/h3-4,6-7,9-10,16,19,21H,2,5,8,11-15,17H2,1H3/t21-/m1/s1. The SMILES string of the molecule is CCOC(=O)[C@@H]1CCCN(C(=O)C2CCN(S(=O)(=O)c3ccc4ccccc4c3)CC2)C1. The first-order chi connectivity index (χ1) is 15.4. The molecule has 2 heterocycles. The van der Waals surface area contributed by atoms with Crippen LogP contribution in [0.3, 0.4) is 0 Å². The highest BCUT2D eigenvalue weighted by Gasteiger charge is 2.36. The van der Waals surface area contributed by atoms with E-state index in [2.05, 4.69) is 0 Å². The molecule has 0 aliphatic carbocycles. The molecular weight excluding hydrogens is 428 g/mol. The van der Waals surface area contributed by atoms with Crippen molar-refractivity contribution in [2.24, 2.45) is 11.8 Å². The van der Waals surface area contributed by atoms with Crippen LogP contribution in [-0.4, -0.2) is 62.3 Å². The zero-order valence-corrected chi connectivity index (χ0v) is 19.2. The van der Waals surface area contributed by atoms with Gasteiger partial charge in [-0.2, -0.15) is 4.31 Å². The largest absolute Gasteiger partial charge is 0.466 e. The Morgan fingerprint density at radius 3 is 2.41 bits per heavy atom. The highest BCUT2D eigenvalue weighted by atomic mass is 32.2. The van der Waals surface area contributed by atoms with Crippen LogP contribution in [0.1, 0.15) is 32.6 Å². The van der Waals surface area contributed by atoms with Gasteiger partial charge in [-0.05, 0) is 55.5 Å². The predicted octanol–water partition coefficient (Wildman–Crippen LogP) is 3.04. The van der Waals surface area contributed by atoms with E-state index >= 15 is 0 Å². The van der Waals surface area contributed by atoms with Crippen LogP contribution in [0.15, 0.2) is 47.4 Å². The molecule has 172 valence electrons. The van der Waals surface area contributed by atoms with E-state index in [9.17, 15) is 18.0 Å². The van der Waals surface area contributed by atoms with E-state index in [0.717, 1.165) is 23.6 Å². The van der Waals surface area contributed by atoms with Crippen molar-refractivity contribution < 1.29 is 22.7 Å². The molecule has 7 nitrogen and oxygen atoms in total. The number of esters is 1. The topological polar surface area (TPSA) is 84.0 Å². The first-order valence-corrected chi connectivity index (χ1v) is 12.8. The zero-order valence-electron chi connectivity index (χ0n) is 18.4. The highest BCUT2D eigenvalue weighted by molar-refractivity contribution is 7.89. The Morgan fingerprint density at radius 1 is 0.969 bits per heavy atom. The summed E-state index contributed by atoms with van der Waals surface area (Å²) in [7, 11) is -3.61. The van der Waals surface area contributed by atoms with E-state index in [4.69, 9.17) is 4.74 Å². The first-order valence-electron chi connectivity index (χ1n) is 11.3. The van der Waals surface area contributed by atoms with Gasteiger partial charge in [-0.1, -0.05) is 30.3 Å². The summed E-state index contributed by atoms with van der Waals surface area (Å²) in [5, 5.41) is 1.89. The summed E-state index contributed by atoms with van der Waals surface area (Å²) in [4.78, 5) is 27.2. The second-order valence-corrected chi connectivity index (χ2v) is 10.5. The van der Waals surface area contributed by atoms with Crippen LogP contribution in [-0.2, 0) is 24.3 Å². The molecule has 0 radical (unpaired) electrons. The van der Waals surface area contributed by atoms with Crippen molar-refractivity contribution in [3.8, 4) is 0 Å². The second-order valence-electron chi connectivity index (χ2n) is 8.56. The van der Waals surface area contributed by atoms with Crippen LogP contribution in [0.5, 0.6) is 0 Å². The fourth-order valence-electron chi connectivity index (χ4n) is 4.71. The number of rotatable bonds is 5. The van der Waals surface area contributed by atoms with Crippen molar-refractivity contribution in [2.75, 3.05) is 32.8 Å². The molecule has 8 heteroatoms. The van der Waals surface area contributed by atoms with Gasteiger partial charge in [0.2, 0.25) is 15.9 Å². The second kappa shape index (κ2) is 9.58. The maximum Gasteiger partial charge on any atom is 0.310 e. The van der Waals surface area contributed by atoms with Crippen LogP contribution in [0, 0.1) is 11.8 Å². The average Bonchev–Trinajstić information content (AvgIpc) is 2.83. The normalized spacial score (nSPS) is 20.9. The molecule has 0 unspecified atom stereocenters. The summed E-state index contributed by atoms with van der Waals surface area (Å²) >= 11 is 0. The van der Waals surface area contributed by atoms with Gasteiger partial charge in [0.05, 0.1) is 17.4 Å². The number of carbonyl (C=O) groups excluding carboxylic acids is 2. The Bertz CT molecular complexity index is 1090. The molecule has 2 saturated heterocycles. The summed E-state index contributed by atoms with van der Waals surface area (Å²) in [6.07, 6.45) is 2.51. The number of sulfonamides is 1.